The van der Waals surface area contributed by atoms with Gasteiger partial charge in [-0.15, -0.1) is 0 Å². The highest BCUT2D eigenvalue weighted by atomic mass is 16.5. The van der Waals surface area contributed by atoms with Crippen LogP contribution in [0.5, 0.6) is 17.2 Å². The molecule has 4 N–H and O–H groups in total. The fourth-order valence-corrected chi connectivity index (χ4v) is 3.91. The van der Waals surface area contributed by atoms with Crippen molar-refractivity contribution < 1.29 is 14.6 Å². The van der Waals surface area contributed by atoms with E-state index < -0.39 is 0 Å². The van der Waals surface area contributed by atoms with E-state index in [-0.39, 0.29) is 5.75 Å². The SMILES string of the molecule is COc1cc2nc(NCCCN(C)C)nc(NCCNCc3c(O)cccc3N(C)C)c2cc1OC. The van der Waals surface area contributed by atoms with Gasteiger partial charge in [-0.25, -0.2) is 4.98 Å². The number of anilines is 3. The molecular weight excluding hydrogens is 458 g/mol. The van der Waals surface area contributed by atoms with Gasteiger partial charge in [0.1, 0.15) is 11.6 Å². The summed E-state index contributed by atoms with van der Waals surface area (Å²) in [7, 11) is 11.3. The highest BCUT2D eigenvalue weighted by molar-refractivity contribution is 5.92. The first-order chi connectivity index (χ1) is 17.3. The lowest BCUT2D eigenvalue weighted by Crippen LogP contribution is -2.24. The van der Waals surface area contributed by atoms with E-state index in [1.54, 1.807) is 20.3 Å². The van der Waals surface area contributed by atoms with Gasteiger partial charge in [-0.2, -0.15) is 4.98 Å². The summed E-state index contributed by atoms with van der Waals surface area (Å²) in [5.74, 6) is 2.81. The lowest BCUT2D eigenvalue weighted by atomic mass is 10.1. The van der Waals surface area contributed by atoms with Crippen molar-refractivity contribution in [1.82, 2.24) is 20.2 Å². The first-order valence-corrected chi connectivity index (χ1v) is 12.1. The van der Waals surface area contributed by atoms with Crippen LogP contribution in [0.15, 0.2) is 30.3 Å². The van der Waals surface area contributed by atoms with Crippen molar-refractivity contribution in [3.8, 4) is 17.2 Å². The van der Waals surface area contributed by atoms with E-state index in [1.165, 1.54) is 0 Å². The molecule has 10 nitrogen and oxygen atoms in total. The van der Waals surface area contributed by atoms with Gasteiger partial charge in [0.25, 0.3) is 0 Å². The van der Waals surface area contributed by atoms with Crippen LogP contribution in [0, 0.1) is 0 Å². The second-order valence-corrected chi connectivity index (χ2v) is 8.98. The van der Waals surface area contributed by atoms with Gasteiger partial charge >= 0.3 is 0 Å². The predicted molar refractivity (Wildman–Crippen MR) is 147 cm³/mol. The van der Waals surface area contributed by atoms with Gasteiger partial charge < -0.3 is 40.3 Å². The van der Waals surface area contributed by atoms with Crippen LogP contribution >= 0.6 is 0 Å². The van der Waals surface area contributed by atoms with Crippen molar-refractivity contribution >= 4 is 28.4 Å². The molecule has 0 aliphatic heterocycles. The molecule has 0 fully saturated rings. The van der Waals surface area contributed by atoms with Crippen molar-refractivity contribution in [3.05, 3.63) is 35.9 Å². The number of phenolic OH excluding ortho intramolecular Hbond substituents is 1. The van der Waals surface area contributed by atoms with Crippen LogP contribution < -0.4 is 30.3 Å². The standard InChI is InChI=1S/C26H39N7O3/c1-32(2)14-8-11-29-26-30-20-16-24(36-6)23(35-5)15-18(20)25(31-26)28-13-12-27-17-19-21(33(3)4)9-7-10-22(19)34/h7,9-10,15-16,27,34H,8,11-14,17H2,1-6H3,(H2,28,29,30,31). The van der Waals surface area contributed by atoms with Crippen LogP contribution in [0.4, 0.5) is 17.5 Å². The Bertz CT molecular complexity index is 1140. The number of ether oxygens (including phenoxy) is 2. The molecule has 3 aromatic rings. The molecule has 3 rings (SSSR count). The van der Waals surface area contributed by atoms with E-state index in [9.17, 15) is 5.11 Å². The zero-order valence-corrected chi connectivity index (χ0v) is 22.2. The van der Waals surface area contributed by atoms with E-state index in [2.05, 4.69) is 34.9 Å². The Balaban J connectivity index is 1.72. The molecule has 10 heteroatoms. The van der Waals surface area contributed by atoms with E-state index in [0.717, 1.165) is 47.5 Å². The van der Waals surface area contributed by atoms with E-state index in [1.807, 2.05) is 43.3 Å². The maximum atomic E-state index is 10.3. The van der Waals surface area contributed by atoms with E-state index in [4.69, 9.17) is 19.4 Å². The summed E-state index contributed by atoms with van der Waals surface area (Å²) < 4.78 is 11.0. The fourth-order valence-electron chi connectivity index (χ4n) is 3.91. The normalized spacial score (nSPS) is 11.1. The average Bonchev–Trinajstić information content (AvgIpc) is 2.85. The van der Waals surface area contributed by atoms with Crippen LogP contribution in [0.25, 0.3) is 10.9 Å². The van der Waals surface area contributed by atoms with Gasteiger partial charge in [0, 0.05) is 63.0 Å². The largest absolute Gasteiger partial charge is 0.508 e. The first-order valence-electron chi connectivity index (χ1n) is 12.1. The molecule has 0 amide bonds. The number of phenols is 1. The summed E-state index contributed by atoms with van der Waals surface area (Å²) in [6.45, 7) is 3.61. The number of rotatable bonds is 14. The topological polar surface area (TPSA) is 107 Å². The quantitative estimate of drug-likeness (QED) is 0.248. The Hall–Kier alpha value is -3.50. The lowest BCUT2D eigenvalue weighted by molar-refractivity contribution is 0.356. The van der Waals surface area contributed by atoms with Crippen LogP contribution in [0.1, 0.15) is 12.0 Å². The van der Waals surface area contributed by atoms with Crippen LogP contribution in [0.3, 0.4) is 0 Å². The number of hydrogen-bond donors (Lipinski definition) is 4. The summed E-state index contributed by atoms with van der Waals surface area (Å²) in [6.07, 6.45) is 0.980. The summed E-state index contributed by atoms with van der Waals surface area (Å²) in [5, 5.41) is 21.3. The molecule has 0 unspecified atom stereocenters. The van der Waals surface area contributed by atoms with Gasteiger partial charge in [-0.1, -0.05) is 6.07 Å². The van der Waals surface area contributed by atoms with Crippen molar-refractivity contribution in [2.45, 2.75) is 13.0 Å². The van der Waals surface area contributed by atoms with Crippen LogP contribution in [-0.4, -0.2) is 88.6 Å². The second-order valence-electron chi connectivity index (χ2n) is 8.98. The molecule has 1 aromatic heterocycles. The number of nitrogens with one attached hydrogen (secondary N) is 3. The van der Waals surface area contributed by atoms with Crippen molar-refractivity contribution in [2.24, 2.45) is 0 Å². The summed E-state index contributed by atoms with van der Waals surface area (Å²) in [4.78, 5) is 13.6. The molecule has 196 valence electrons. The lowest BCUT2D eigenvalue weighted by Gasteiger charge is -2.19. The molecular formula is C26H39N7O3. The maximum absolute atomic E-state index is 10.3. The van der Waals surface area contributed by atoms with Crippen LogP contribution in [0.2, 0.25) is 0 Å². The third-order valence-electron chi connectivity index (χ3n) is 5.77. The first kappa shape index (κ1) is 27.1. The second kappa shape index (κ2) is 13.0. The number of nitrogens with zero attached hydrogens (tertiary/aromatic N) is 4. The van der Waals surface area contributed by atoms with E-state index in [0.29, 0.717) is 37.1 Å². The molecule has 0 saturated heterocycles. The molecule has 0 atom stereocenters. The van der Waals surface area contributed by atoms with Crippen molar-refractivity contribution in [3.63, 3.8) is 0 Å². The molecule has 0 aliphatic carbocycles. The Labute approximate surface area is 213 Å². The van der Waals surface area contributed by atoms with Crippen LogP contribution in [-0.2, 0) is 6.54 Å². The number of fused-ring (bicyclic) bond motifs is 1. The molecule has 0 radical (unpaired) electrons. The minimum Gasteiger partial charge on any atom is -0.508 e. The minimum absolute atomic E-state index is 0.287. The highest BCUT2D eigenvalue weighted by Crippen LogP contribution is 2.34. The van der Waals surface area contributed by atoms with Crippen molar-refractivity contribution in [2.75, 3.05) is 84.1 Å². The monoisotopic (exact) mass is 497 g/mol. The molecule has 0 saturated carbocycles. The Morgan fingerprint density at radius 2 is 1.67 bits per heavy atom. The number of hydrogen-bond acceptors (Lipinski definition) is 10. The highest BCUT2D eigenvalue weighted by Gasteiger charge is 2.14. The molecule has 0 spiro atoms. The predicted octanol–water partition coefficient (Wildman–Crippen LogP) is 2.98. The number of aromatic nitrogens is 2. The zero-order chi connectivity index (χ0) is 26.1. The summed E-state index contributed by atoms with van der Waals surface area (Å²) >= 11 is 0. The molecule has 2 aromatic carbocycles. The van der Waals surface area contributed by atoms with Gasteiger partial charge in [0.05, 0.1) is 19.7 Å². The van der Waals surface area contributed by atoms with Gasteiger partial charge in [0.15, 0.2) is 11.5 Å². The summed E-state index contributed by atoms with van der Waals surface area (Å²) in [5.41, 5.74) is 2.62. The molecule has 0 bridgehead atoms. The number of aromatic hydroxyl groups is 1. The van der Waals surface area contributed by atoms with Crippen molar-refractivity contribution in [1.29, 1.82) is 0 Å². The molecule has 36 heavy (non-hydrogen) atoms. The Morgan fingerprint density at radius 1 is 0.917 bits per heavy atom. The third kappa shape index (κ3) is 7.02. The third-order valence-corrected chi connectivity index (χ3v) is 5.77. The van der Waals surface area contributed by atoms with Gasteiger partial charge in [-0.05, 0) is 45.3 Å². The van der Waals surface area contributed by atoms with Gasteiger partial charge in [-0.3, -0.25) is 0 Å². The fraction of sp³-hybridized carbons (Fsp3) is 0.462. The number of benzene rings is 2. The Kier molecular flexibility index (Phi) is 9.77. The Morgan fingerprint density at radius 3 is 2.36 bits per heavy atom. The smallest absolute Gasteiger partial charge is 0.225 e. The number of methoxy groups -OCH3 is 2. The summed E-state index contributed by atoms with van der Waals surface area (Å²) in [6, 6.07) is 9.32. The molecule has 1 heterocycles. The maximum Gasteiger partial charge on any atom is 0.225 e. The zero-order valence-electron chi connectivity index (χ0n) is 22.2. The minimum atomic E-state index is 0.287. The average molecular weight is 498 g/mol. The molecule has 0 aliphatic rings. The van der Waals surface area contributed by atoms with Gasteiger partial charge in [0.2, 0.25) is 5.95 Å². The van der Waals surface area contributed by atoms with E-state index >= 15 is 0 Å².